The van der Waals surface area contributed by atoms with Gasteiger partial charge in [-0.2, -0.15) is 0 Å². The van der Waals surface area contributed by atoms with Gasteiger partial charge >= 0.3 is 0 Å². The van der Waals surface area contributed by atoms with Crippen LogP contribution in [0.25, 0.3) is 0 Å². The van der Waals surface area contributed by atoms with Crippen LogP contribution < -0.4 is 5.32 Å². The molecule has 96 valence electrons. The third kappa shape index (κ3) is 4.40. The molecule has 16 heavy (non-hydrogen) atoms. The van der Waals surface area contributed by atoms with E-state index in [2.05, 4.69) is 42.9 Å². The van der Waals surface area contributed by atoms with Crippen LogP contribution in [0, 0.1) is 0 Å². The van der Waals surface area contributed by atoms with Crippen LogP contribution in [0.2, 0.25) is 0 Å². The highest BCUT2D eigenvalue weighted by atomic mass is 15.3. The van der Waals surface area contributed by atoms with Crippen molar-refractivity contribution in [2.45, 2.75) is 45.7 Å². The van der Waals surface area contributed by atoms with Crippen LogP contribution in [0.5, 0.6) is 0 Å². The van der Waals surface area contributed by atoms with Crippen molar-refractivity contribution in [2.24, 2.45) is 0 Å². The molecule has 3 heteroatoms. The van der Waals surface area contributed by atoms with Crippen molar-refractivity contribution >= 4 is 0 Å². The van der Waals surface area contributed by atoms with Crippen LogP contribution in [-0.4, -0.2) is 61.7 Å². The molecule has 0 bridgehead atoms. The summed E-state index contributed by atoms with van der Waals surface area (Å²) in [6.45, 7) is 12.9. The van der Waals surface area contributed by atoms with E-state index < -0.39 is 0 Å². The Kier molecular flexibility index (Phi) is 6.32. The second-order valence-corrected chi connectivity index (χ2v) is 5.26. The van der Waals surface area contributed by atoms with Gasteiger partial charge in [-0.15, -0.1) is 0 Å². The Balaban J connectivity index is 2.37. The lowest BCUT2D eigenvalue weighted by Gasteiger charge is -2.33. The predicted molar refractivity (Wildman–Crippen MR) is 70.9 cm³/mol. The summed E-state index contributed by atoms with van der Waals surface area (Å²) in [7, 11) is 2.24. The summed E-state index contributed by atoms with van der Waals surface area (Å²) in [6.07, 6.45) is 2.53. The SMILES string of the molecule is CCCNCC(C)N1CCCN(C)CC1C. The standard InChI is InChI=1S/C13H29N3/c1-5-7-14-10-12(2)16-9-6-8-15(4)11-13(16)3/h12-14H,5-11H2,1-4H3. The first-order chi connectivity index (χ1) is 7.65. The van der Waals surface area contributed by atoms with Gasteiger partial charge in [0.1, 0.15) is 0 Å². The quantitative estimate of drug-likeness (QED) is 0.716. The maximum absolute atomic E-state index is 3.53. The molecule has 0 aromatic heterocycles. The molecule has 1 aliphatic heterocycles. The minimum atomic E-state index is 0.660. The van der Waals surface area contributed by atoms with E-state index >= 15 is 0 Å². The summed E-state index contributed by atoms with van der Waals surface area (Å²) in [5.74, 6) is 0. The molecule has 0 spiro atoms. The zero-order chi connectivity index (χ0) is 12.0. The summed E-state index contributed by atoms with van der Waals surface area (Å²) < 4.78 is 0. The summed E-state index contributed by atoms with van der Waals surface area (Å²) in [6, 6.07) is 1.35. The topological polar surface area (TPSA) is 18.5 Å². The average molecular weight is 227 g/mol. The molecule has 2 unspecified atom stereocenters. The molecule has 1 saturated heterocycles. The minimum Gasteiger partial charge on any atom is -0.315 e. The predicted octanol–water partition coefficient (Wildman–Crippen LogP) is 1.40. The fraction of sp³-hybridized carbons (Fsp3) is 1.00. The van der Waals surface area contributed by atoms with Crippen molar-refractivity contribution in [3.63, 3.8) is 0 Å². The maximum atomic E-state index is 3.53. The van der Waals surface area contributed by atoms with Gasteiger partial charge in [-0.3, -0.25) is 4.90 Å². The van der Waals surface area contributed by atoms with Crippen LogP contribution in [-0.2, 0) is 0 Å². The van der Waals surface area contributed by atoms with E-state index in [4.69, 9.17) is 0 Å². The molecule has 1 aliphatic rings. The van der Waals surface area contributed by atoms with E-state index in [9.17, 15) is 0 Å². The monoisotopic (exact) mass is 227 g/mol. The van der Waals surface area contributed by atoms with Crippen LogP contribution >= 0.6 is 0 Å². The first-order valence-corrected chi connectivity index (χ1v) is 6.80. The molecule has 2 atom stereocenters. The average Bonchev–Trinajstić information content (AvgIpc) is 2.39. The summed E-state index contributed by atoms with van der Waals surface area (Å²) in [4.78, 5) is 5.11. The Morgan fingerprint density at radius 2 is 2.12 bits per heavy atom. The molecule has 0 radical (unpaired) electrons. The van der Waals surface area contributed by atoms with Crippen molar-refractivity contribution < 1.29 is 0 Å². The first-order valence-electron chi connectivity index (χ1n) is 6.80. The Hall–Kier alpha value is -0.120. The van der Waals surface area contributed by atoms with Crippen LogP contribution in [0.15, 0.2) is 0 Å². The molecular formula is C13H29N3. The molecule has 1 heterocycles. The Labute approximate surface area is 101 Å². The van der Waals surface area contributed by atoms with Gasteiger partial charge in [-0.05, 0) is 46.8 Å². The Bertz CT molecular complexity index is 184. The van der Waals surface area contributed by atoms with Crippen LogP contribution in [0.3, 0.4) is 0 Å². The van der Waals surface area contributed by atoms with Gasteiger partial charge in [0.25, 0.3) is 0 Å². The van der Waals surface area contributed by atoms with Gasteiger partial charge in [0, 0.05) is 31.7 Å². The van der Waals surface area contributed by atoms with Gasteiger partial charge in [0.15, 0.2) is 0 Å². The normalized spacial score (nSPS) is 26.6. The smallest absolute Gasteiger partial charge is 0.0198 e. The number of hydrogen-bond acceptors (Lipinski definition) is 3. The molecule has 0 aliphatic carbocycles. The lowest BCUT2D eigenvalue weighted by molar-refractivity contribution is 0.150. The van der Waals surface area contributed by atoms with Crippen molar-refractivity contribution in [3.8, 4) is 0 Å². The lowest BCUT2D eigenvalue weighted by atomic mass is 10.2. The number of rotatable bonds is 5. The Morgan fingerprint density at radius 3 is 2.81 bits per heavy atom. The summed E-state index contributed by atoms with van der Waals surface area (Å²) in [5.41, 5.74) is 0. The highest BCUT2D eigenvalue weighted by molar-refractivity contribution is 4.80. The maximum Gasteiger partial charge on any atom is 0.0198 e. The van der Waals surface area contributed by atoms with E-state index in [-0.39, 0.29) is 0 Å². The van der Waals surface area contributed by atoms with E-state index in [1.807, 2.05) is 0 Å². The largest absolute Gasteiger partial charge is 0.315 e. The van der Waals surface area contributed by atoms with Gasteiger partial charge in [0.2, 0.25) is 0 Å². The van der Waals surface area contributed by atoms with Crippen molar-refractivity contribution in [1.29, 1.82) is 0 Å². The second kappa shape index (κ2) is 7.25. The molecule has 1 fully saturated rings. The van der Waals surface area contributed by atoms with Gasteiger partial charge in [0.05, 0.1) is 0 Å². The van der Waals surface area contributed by atoms with Gasteiger partial charge < -0.3 is 10.2 Å². The van der Waals surface area contributed by atoms with Crippen molar-refractivity contribution in [2.75, 3.05) is 39.8 Å². The third-order valence-electron chi connectivity index (χ3n) is 3.53. The summed E-state index contributed by atoms with van der Waals surface area (Å²) >= 11 is 0. The second-order valence-electron chi connectivity index (χ2n) is 5.26. The number of hydrogen-bond donors (Lipinski definition) is 1. The van der Waals surface area contributed by atoms with Crippen LogP contribution in [0.4, 0.5) is 0 Å². The molecule has 0 aromatic rings. The minimum absolute atomic E-state index is 0.660. The van der Waals surface area contributed by atoms with E-state index in [1.54, 1.807) is 0 Å². The van der Waals surface area contributed by atoms with Crippen LogP contribution in [0.1, 0.15) is 33.6 Å². The van der Waals surface area contributed by atoms with E-state index in [0.717, 1.165) is 13.1 Å². The number of nitrogens with zero attached hydrogens (tertiary/aromatic N) is 2. The summed E-state index contributed by atoms with van der Waals surface area (Å²) in [5, 5.41) is 3.53. The zero-order valence-electron chi connectivity index (χ0n) is 11.5. The fourth-order valence-corrected chi connectivity index (χ4v) is 2.65. The molecule has 1 N–H and O–H groups in total. The Morgan fingerprint density at radius 1 is 1.38 bits per heavy atom. The number of likely N-dealkylation sites (N-methyl/N-ethyl adjacent to an activating group) is 1. The van der Waals surface area contributed by atoms with Crippen molar-refractivity contribution in [3.05, 3.63) is 0 Å². The molecule has 1 rings (SSSR count). The fourth-order valence-electron chi connectivity index (χ4n) is 2.65. The van der Waals surface area contributed by atoms with Gasteiger partial charge in [-0.1, -0.05) is 6.92 Å². The van der Waals surface area contributed by atoms with E-state index in [0.29, 0.717) is 12.1 Å². The van der Waals surface area contributed by atoms with Gasteiger partial charge in [-0.25, -0.2) is 0 Å². The molecular weight excluding hydrogens is 198 g/mol. The highest BCUT2D eigenvalue weighted by Crippen LogP contribution is 2.11. The molecule has 0 aromatic carbocycles. The van der Waals surface area contributed by atoms with E-state index in [1.165, 1.54) is 32.5 Å². The number of nitrogens with one attached hydrogen (secondary N) is 1. The molecule has 0 amide bonds. The zero-order valence-corrected chi connectivity index (χ0v) is 11.5. The lowest BCUT2D eigenvalue weighted by Crippen LogP contribution is -2.47. The highest BCUT2D eigenvalue weighted by Gasteiger charge is 2.23. The first kappa shape index (κ1) is 13.9. The molecule has 0 saturated carbocycles. The third-order valence-corrected chi connectivity index (χ3v) is 3.53. The van der Waals surface area contributed by atoms with Crippen molar-refractivity contribution in [1.82, 2.24) is 15.1 Å². The molecule has 3 nitrogen and oxygen atoms in total.